The number of piperazine rings is 1. The molecular weight excluding hydrogens is 458 g/mol. The minimum Gasteiger partial charge on any atom is -0.465 e. The molecule has 3 aromatic carbocycles. The van der Waals surface area contributed by atoms with Gasteiger partial charge in [-0.15, -0.1) is 0 Å². The van der Waals surface area contributed by atoms with Crippen molar-refractivity contribution in [2.45, 2.75) is 0 Å². The molecule has 1 aliphatic heterocycles. The number of methoxy groups -OCH3 is 1. The summed E-state index contributed by atoms with van der Waals surface area (Å²) in [5, 5.41) is 4.88. The van der Waals surface area contributed by atoms with Gasteiger partial charge >= 0.3 is 5.97 Å². The Morgan fingerprint density at radius 3 is 2.42 bits per heavy atom. The van der Waals surface area contributed by atoms with Gasteiger partial charge < -0.3 is 19.9 Å². The molecule has 1 fully saturated rings. The molecule has 1 amide bonds. The summed E-state index contributed by atoms with van der Waals surface area (Å²) in [7, 11) is 3.45. The molecule has 1 aliphatic rings. The van der Waals surface area contributed by atoms with E-state index in [1.807, 2.05) is 42.5 Å². The van der Waals surface area contributed by atoms with Crippen LogP contribution >= 0.6 is 15.9 Å². The molecule has 4 rings (SSSR count). The summed E-state index contributed by atoms with van der Waals surface area (Å²) in [5.41, 5.74) is 2.47. The van der Waals surface area contributed by atoms with Gasteiger partial charge in [0, 0.05) is 36.2 Å². The number of nitrogens with zero attached hydrogens (tertiary/aromatic N) is 2. The number of hydrogen-bond acceptors (Lipinski definition) is 5. The van der Waals surface area contributed by atoms with Crippen LogP contribution in [-0.4, -0.2) is 57.1 Å². The van der Waals surface area contributed by atoms with Gasteiger partial charge in [0.1, 0.15) is 0 Å². The van der Waals surface area contributed by atoms with E-state index in [0.717, 1.165) is 47.1 Å². The molecule has 0 atom stereocenters. The molecule has 0 aromatic heterocycles. The molecule has 0 aliphatic carbocycles. The van der Waals surface area contributed by atoms with E-state index in [9.17, 15) is 9.59 Å². The number of rotatable bonds is 4. The van der Waals surface area contributed by atoms with E-state index in [4.69, 9.17) is 4.74 Å². The summed E-state index contributed by atoms with van der Waals surface area (Å²) in [4.78, 5) is 29.9. The third-order valence-corrected chi connectivity index (χ3v) is 6.31. The van der Waals surface area contributed by atoms with Crippen molar-refractivity contribution in [3.63, 3.8) is 0 Å². The van der Waals surface area contributed by atoms with Crippen LogP contribution in [0.1, 0.15) is 20.7 Å². The van der Waals surface area contributed by atoms with Crippen molar-refractivity contribution >= 4 is 50.0 Å². The van der Waals surface area contributed by atoms with Gasteiger partial charge in [0.2, 0.25) is 0 Å². The average Bonchev–Trinajstić information content (AvgIpc) is 2.79. The fraction of sp³-hybridized carbons (Fsp3) is 0.250. The number of nitrogens with one attached hydrogen (secondary N) is 1. The summed E-state index contributed by atoms with van der Waals surface area (Å²) >= 11 is 3.56. The standard InChI is InChI=1S/C24H24BrN3O3/c1-27-11-13-28(14-12-27)22-10-9-16(24(30)31-2)15-21(22)26-23(29)19-7-3-6-18-17(19)5-4-8-20(18)25/h3-10,15H,11-14H2,1-2H3,(H,26,29). The van der Waals surface area contributed by atoms with E-state index in [0.29, 0.717) is 16.8 Å². The topological polar surface area (TPSA) is 61.9 Å². The lowest BCUT2D eigenvalue weighted by Crippen LogP contribution is -2.44. The molecular formula is C24H24BrN3O3. The molecule has 3 aromatic rings. The van der Waals surface area contributed by atoms with E-state index in [-0.39, 0.29) is 5.91 Å². The maximum Gasteiger partial charge on any atom is 0.337 e. The van der Waals surface area contributed by atoms with Crippen molar-refractivity contribution < 1.29 is 14.3 Å². The number of ether oxygens (including phenoxy) is 1. The van der Waals surface area contributed by atoms with Gasteiger partial charge in [0.15, 0.2) is 0 Å². The molecule has 0 unspecified atom stereocenters. The molecule has 0 radical (unpaired) electrons. The van der Waals surface area contributed by atoms with Crippen LogP contribution in [0.2, 0.25) is 0 Å². The van der Waals surface area contributed by atoms with E-state index in [1.54, 1.807) is 12.1 Å². The van der Waals surface area contributed by atoms with E-state index >= 15 is 0 Å². The van der Waals surface area contributed by atoms with Gasteiger partial charge in [-0.2, -0.15) is 0 Å². The predicted molar refractivity (Wildman–Crippen MR) is 127 cm³/mol. The third-order valence-electron chi connectivity index (χ3n) is 5.62. The van der Waals surface area contributed by atoms with Crippen molar-refractivity contribution in [1.29, 1.82) is 0 Å². The molecule has 6 nitrogen and oxygen atoms in total. The van der Waals surface area contributed by atoms with E-state index in [2.05, 4.69) is 38.1 Å². The Bertz CT molecular complexity index is 1140. The quantitative estimate of drug-likeness (QED) is 0.559. The van der Waals surface area contributed by atoms with E-state index in [1.165, 1.54) is 7.11 Å². The van der Waals surface area contributed by atoms with Crippen LogP contribution in [0.25, 0.3) is 10.8 Å². The van der Waals surface area contributed by atoms with Crippen molar-refractivity contribution in [1.82, 2.24) is 4.90 Å². The number of carbonyl (C=O) groups excluding carboxylic acids is 2. The van der Waals surface area contributed by atoms with Crippen molar-refractivity contribution in [3.8, 4) is 0 Å². The molecule has 31 heavy (non-hydrogen) atoms. The van der Waals surface area contributed by atoms with Crippen LogP contribution in [-0.2, 0) is 4.74 Å². The molecule has 1 N–H and O–H groups in total. The Balaban J connectivity index is 1.71. The first-order valence-corrected chi connectivity index (χ1v) is 10.9. The lowest BCUT2D eigenvalue weighted by molar-refractivity contribution is 0.0600. The second kappa shape index (κ2) is 9.08. The maximum absolute atomic E-state index is 13.3. The van der Waals surface area contributed by atoms with Crippen LogP contribution in [0.4, 0.5) is 11.4 Å². The number of amides is 1. The highest BCUT2D eigenvalue weighted by Crippen LogP contribution is 2.31. The monoisotopic (exact) mass is 481 g/mol. The Morgan fingerprint density at radius 1 is 0.968 bits per heavy atom. The summed E-state index contributed by atoms with van der Waals surface area (Å²) in [6.07, 6.45) is 0. The molecule has 0 bridgehead atoms. The minimum atomic E-state index is -0.436. The minimum absolute atomic E-state index is 0.221. The number of fused-ring (bicyclic) bond motifs is 1. The van der Waals surface area contributed by atoms with Crippen molar-refractivity contribution in [2.24, 2.45) is 0 Å². The fourth-order valence-electron chi connectivity index (χ4n) is 3.86. The molecule has 7 heteroatoms. The first kappa shape index (κ1) is 21.3. The van der Waals surface area contributed by atoms with Gasteiger partial charge in [-0.25, -0.2) is 4.79 Å². The smallest absolute Gasteiger partial charge is 0.337 e. The molecule has 1 saturated heterocycles. The molecule has 160 valence electrons. The first-order valence-electron chi connectivity index (χ1n) is 10.1. The summed E-state index contributed by atoms with van der Waals surface area (Å²) in [5.74, 6) is -0.657. The van der Waals surface area contributed by atoms with Crippen LogP contribution < -0.4 is 10.2 Å². The first-order chi connectivity index (χ1) is 15.0. The lowest BCUT2D eigenvalue weighted by Gasteiger charge is -2.35. The lowest BCUT2D eigenvalue weighted by atomic mass is 10.0. The van der Waals surface area contributed by atoms with Crippen LogP contribution in [0.15, 0.2) is 59.1 Å². The number of esters is 1. The summed E-state index contributed by atoms with van der Waals surface area (Å²) < 4.78 is 5.81. The molecule has 0 saturated carbocycles. The predicted octanol–water partition coefficient (Wildman–Crippen LogP) is 4.39. The van der Waals surface area contributed by atoms with Crippen LogP contribution in [0.5, 0.6) is 0 Å². The summed E-state index contributed by atoms with van der Waals surface area (Å²) in [6.45, 7) is 3.56. The zero-order valence-electron chi connectivity index (χ0n) is 17.5. The average molecular weight is 482 g/mol. The summed E-state index contributed by atoms with van der Waals surface area (Å²) in [6, 6.07) is 16.8. The zero-order valence-corrected chi connectivity index (χ0v) is 19.1. The van der Waals surface area contributed by atoms with Gasteiger partial charge in [-0.3, -0.25) is 4.79 Å². The third kappa shape index (κ3) is 4.43. The number of halogens is 1. The molecule has 0 spiro atoms. The normalized spacial score (nSPS) is 14.5. The van der Waals surface area contributed by atoms with E-state index < -0.39 is 5.97 Å². The van der Waals surface area contributed by atoms with Crippen LogP contribution in [0.3, 0.4) is 0 Å². The van der Waals surface area contributed by atoms with Crippen molar-refractivity contribution in [2.75, 3.05) is 50.6 Å². The fourth-order valence-corrected chi connectivity index (χ4v) is 4.36. The maximum atomic E-state index is 13.3. The largest absolute Gasteiger partial charge is 0.465 e. The van der Waals surface area contributed by atoms with Gasteiger partial charge in [-0.1, -0.05) is 40.2 Å². The van der Waals surface area contributed by atoms with Gasteiger partial charge in [0.25, 0.3) is 5.91 Å². The number of carbonyl (C=O) groups is 2. The number of anilines is 2. The number of likely N-dealkylation sites (N-methyl/N-ethyl adjacent to an activating group) is 1. The Morgan fingerprint density at radius 2 is 1.68 bits per heavy atom. The van der Waals surface area contributed by atoms with Crippen LogP contribution in [0, 0.1) is 0 Å². The highest BCUT2D eigenvalue weighted by atomic mass is 79.9. The van der Waals surface area contributed by atoms with Gasteiger partial charge in [-0.05, 0) is 48.2 Å². The van der Waals surface area contributed by atoms with Crippen molar-refractivity contribution in [3.05, 3.63) is 70.2 Å². The Kier molecular flexibility index (Phi) is 6.25. The SMILES string of the molecule is COC(=O)c1ccc(N2CCN(C)CC2)c(NC(=O)c2cccc3c(Br)cccc23)c1. The highest BCUT2D eigenvalue weighted by Gasteiger charge is 2.21. The Labute approximate surface area is 189 Å². The zero-order chi connectivity index (χ0) is 22.0. The molecule has 1 heterocycles. The second-order valence-electron chi connectivity index (χ2n) is 7.61. The number of benzene rings is 3. The Hall–Kier alpha value is -2.90. The van der Waals surface area contributed by atoms with Gasteiger partial charge in [0.05, 0.1) is 24.0 Å². The highest BCUT2D eigenvalue weighted by molar-refractivity contribution is 9.10. The second-order valence-corrected chi connectivity index (χ2v) is 8.46. The number of hydrogen-bond donors (Lipinski definition) is 1.